The molecule has 0 aliphatic rings. The molecule has 1 heterocycles. The topological polar surface area (TPSA) is 25.2 Å². The van der Waals surface area contributed by atoms with Crippen LogP contribution in [0.1, 0.15) is 5.76 Å². The third-order valence-electron chi connectivity index (χ3n) is 3.11. The first-order valence-electron chi connectivity index (χ1n) is 6.55. The van der Waals surface area contributed by atoms with Crippen LogP contribution < -0.4 is 5.32 Å². The number of furan rings is 1. The van der Waals surface area contributed by atoms with E-state index in [-0.39, 0.29) is 5.82 Å². The molecule has 0 aliphatic carbocycles. The van der Waals surface area contributed by atoms with Gasteiger partial charge >= 0.3 is 0 Å². The molecule has 0 fully saturated rings. The normalized spacial score (nSPS) is 10.6. The van der Waals surface area contributed by atoms with Gasteiger partial charge in [-0.3, -0.25) is 0 Å². The first-order valence-corrected chi connectivity index (χ1v) is 6.93. The molecule has 0 saturated carbocycles. The molecule has 0 amide bonds. The maximum atomic E-state index is 13.7. The van der Waals surface area contributed by atoms with Gasteiger partial charge in [-0.05, 0) is 48.5 Å². The van der Waals surface area contributed by atoms with E-state index in [9.17, 15) is 4.39 Å². The van der Waals surface area contributed by atoms with Crippen molar-refractivity contribution in [2.75, 3.05) is 5.32 Å². The van der Waals surface area contributed by atoms with Crippen molar-refractivity contribution in [3.8, 4) is 11.3 Å². The molecular formula is C17H13ClFNO. The van der Waals surface area contributed by atoms with E-state index < -0.39 is 0 Å². The number of benzene rings is 2. The number of anilines is 1. The van der Waals surface area contributed by atoms with Crippen LogP contribution in [0.3, 0.4) is 0 Å². The van der Waals surface area contributed by atoms with Gasteiger partial charge in [-0.15, -0.1) is 0 Å². The Labute approximate surface area is 127 Å². The molecule has 2 nitrogen and oxygen atoms in total. The molecule has 0 radical (unpaired) electrons. The van der Waals surface area contributed by atoms with Crippen molar-refractivity contribution < 1.29 is 8.81 Å². The second-order valence-electron chi connectivity index (χ2n) is 4.61. The van der Waals surface area contributed by atoms with E-state index in [1.807, 2.05) is 30.3 Å². The van der Waals surface area contributed by atoms with E-state index in [0.29, 0.717) is 22.9 Å². The molecule has 0 saturated heterocycles. The van der Waals surface area contributed by atoms with E-state index in [1.165, 1.54) is 6.07 Å². The standard InChI is InChI=1S/C17H13ClFNO/c18-12-5-7-13(8-6-12)20-11-14-9-10-17(21-14)15-3-1-2-4-16(15)19/h1-10,20H,11H2. The summed E-state index contributed by atoms with van der Waals surface area (Å²) in [6, 6.07) is 17.6. The lowest BCUT2D eigenvalue weighted by Gasteiger charge is -2.04. The molecule has 4 heteroatoms. The van der Waals surface area contributed by atoms with Crippen LogP contribution in [0.4, 0.5) is 10.1 Å². The zero-order valence-electron chi connectivity index (χ0n) is 11.1. The second-order valence-corrected chi connectivity index (χ2v) is 5.04. The van der Waals surface area contributed by atoms with Crippen LogP contribution in [-0.4, -0.2) is 0 Å². The number of hydrogen-bond acceptors (Lipinski definition) is 2. The average molecular weight is 302 g/mol. The van der Waals surface area contributed by atoms with Gasteiger partial charge < -0.3 is 9.73 Å². The molecule has 1 aromatic heterocycles. The summed E-state index contributed by atoms with van der Waals surface area (Å²) < 4.78 is 19.4. The van der Waals surface area contributed by atoms with Crippen molar-refractivity contribution in [3.63, 3.8) is 0 Å². The molecular weight excluding hydrogens is 289 g/mol. The van der Waals surface area contributed by atoms with Crippen molar-refractivity contribution in [3.05, 3.63) is 77.3 Å². The Bertz CT molecular complexity index is 737. The number of nitrogens with one attached hydrogen (secondary N) is 1. The number of halogens is 2. The Kier molecular flexibility index (Phi) is 3.93. The number of rotatable bonds is 4. The summed E-state index contributed by atoms with van der Waals surface area (Å²) >= 11 is 5.83. The van der Waals surface area contributed by atoms with E-state index in [1.54, 1.807) is 24.3 Å². The Balaban J connectivity index is 1.71. The minimum atomic E-state index is -0.288. The van der Waals surface area contributed by atoms with Crippen LogP contribution in [0, 0.1) is 5.82 Å². The fourth-order valence-electron chi connectivity index (χ4n) is 2.04. The first kappa shape index (κ1) is 13.7. The van der Waals surface area contributed by atoms with Gasteiger partial charge in [0.15, 0.2) is 0 Å². The maximum Gasteiger partial charge on any atom is 0.137 e. The molecule has 0 unspecified atom stereocenters. The molecule has 2 aromatic carbocycles. The predicted octanol–water partition coefficient (Wildman–Crippen LogP) is 5.35. The SMILES string of the molecule is Fc1ccccc1-c1ccc(CNc2ccc(Cl)cc2)o1. The van der Waals surface area contributed by atoms with Crippen molar-refractivity contribution in [1.29, 1.82) is 0 Å². The molecule has 1 N–H and O–H groups in total. The molecule has 3 rings (SSSR count). The Hall–Kier alpha value is -2.26. The van der Waals surface area contributed by atoms with Gasteiger partial charge in [0.25, 0.3) is 0 Å². The largest absolute Gasteiger partial charge is 0.459 e. The third-order valence-corrected chi connectivity index (χ3v) is 3.36. The fraction of sp³-hybridized carbons (Fsp3) is 0.0588. The highest BCUT2D eigenvalue weighted by Crippen LogP contribution is 2.25. The van der Waals surface area contributed by atoms with Crippen LogP contribution in [0.2, 0.25) is 5.02 Å². The Morgan fingerprint density at radius 3 is 2.48 bits per heavy atom. The maximum absolute atomic E-state index is 13.7. The van der Waals surface area contributed by atoms with Gasteiger partial charge in [0, 0.05) is 10.7 Å². The highest BCUT2D eigenvalue weighted by atomic mass is 35.5. The van der Waals surface area contributed by atoms with Crippen LogP contribution in [0.25, 0.3) is 11.3 Å². The first-order chi connectivity index (χ1) is 10.2. The zero-order valence-corrected chi connectivity index (χ0v) is 11.9. The molecule has 0 spiro atoms. The van der Waals surface area contributed by atoms with E-state index >= 15 is 0 Å². The molecule has 3 aromatic rings. The van der Waals surface area contributed by atoms with Crippen LogP contribution >= 0.6 is 11.6 Å². The van der Waals surface area contributed by atoms with E-state index in [4.69, 9.17) is 16.0 Å². The van der Waals surface area contributed by atoms with Gasteiger partial charge in [0.05, 0.1) is 12.1 Å². The summed E-state index contributed by atoms with van der Waals surface area (Å²) in [6.45, 7) is 0.524. The van der Waals surface area contributed by atoms with Gasteiger partial charge in [-0.2, -0.15) is 0 Å². The predicted molar refractivity (Wildman–Crippen MR) is 82.9 cm³/mol. The molecule has 0 aliphatic heterocycles. The smallest absolute Gasteiger partial charge is 0.137 e. The molecule has 0 atom stereocenters. The lowest BCUT2D eigenvalue weighted by molar-refractivity contribution is 0.525. The molecule has 106 valence electrons. The lowest BCUT2D eigenvalue weighted by Crippen LogP contribution is -1.97. The Morgan fingerprint density at radius 1 is 0.952 bits per heavy atom. The monoisotopic (exact) mass is 301 g/mol. The van der Waals surface area contributed by atoms with Gasteiger partial charge in [-0.25, -0.2) is 4.39 Å². The summed E-state index contributed by atoms with van der Waals surface area (Å²) in [5, 5.41) is 3.92. The highest BCUT2D eigenvalue weighted by Gasteiger charge is 2.08. The summed E-state index contributed by atoms with van der Waals surface area (Å²) in [7, 11) is 0. The van der Waals surface area contributed by atoms with Crippen molar-refractivity contribution >= 4 is 17.3 Å². The van der Waals surface area contributed by atoms with Crippen molar-refractivity contribution in [2.24, 2.45) is 0 Å². The summed E-state index contributed by atoms with van der Waals surface area (Å²) in [5.41, 5.74) is 1.42. The second kappa shape index (κ2) is 6.02. The van der Waals surface area contributed by atoms with Crippen LogP contribution in [0.5, 0.6) is 0 Å². The van der Waals surface area contributed by atoms with Gasteiger partial charge in [0.2, 0.25) is 0 Å². The molecule has 0 bridgehead atoms. The quantitative estimate of drug-likeness (QED) is 0.702. The molecule has 21 heavy (non-hydrogen) atoms. The summed E-state index contributed by atoms with van der Waals surface area (Å²) in [4.78, 5) is 0. The highest BCUT2D eigenvalue weighted by molar-refractivity contribution is 6.30. The third kappa shape index (κ3) is 3.26. The van der Waals surface area contributed by atoms with Gasteiger partial charge in [0.1, 0.15) is 17.3 Å². The average Bonchev–Trinajstić information content (AvgIpc) is 2.96. The van der Waals surface area contributed by atoms with Crippen molar-refractivity contribution in [2.45, 2.75) is 6.54 Å². The lowest BCUT2D eigenvalue weighted by atomic mass is 10.1. The summed E-state index contributed by atoms with van der Waals surface area (Å²) in [5.74, 6) is 0.980. The zero-order chi connectivity index (χ0) is 14.7. The van der Waals surface area contributed by atoms with Crippen LogP contribution in [-0.2, 0) is 6.54 Å². The minimum Gasteiger partial charge on any atom is -0.459 e. The van der Waals surface area contributed by atoms with E-state index in [2.05, 4.69) is 5.32 Å². The number of hydrogen-bond donors (Lipinski definition) is 1. The van der Waals surface area contributed by atoms with Crippen molar-refractivity contribution in [1.82, 2.24) is 0 Å². The van der Waals surface area contributed by atoms with E-state index in [0.717, 1.165) is 11.4 Å². The minimum absolute atomic E-state index is 0.288. The van der Waals surface area contributed by atoms with Crippen LogP contribution in [0.15, 0.2) is 65.1 Å². The van der Waals surface area contributed by atoms with Gasteiger partial charge in [-0.1, -0.05) is 23.7 Å². The summed E-state index contributed by atoms with van der Waals surface area (Å²) in [6.07, 6.45) is 0. The Morgan fingerprint density at radius 2 is 1.71 bits per heavy atom. The fourth-order valence-corrected chi connectivity index (χ4v) is 2.16.